The third kappa shape index (κ3) is 2.46. The van der Waals surface area contributed by atoms with Gasteiger partial charge >= 0.3 is 0 Å². The number of para-hydroxylation sites is 1. The summed E-state index contributed by atoms with van der Waals surface area (Å²) >= 11 is 0. The minimum Gasteiger partial charge on any atom is -0.394 e. The molecule has 2 heterocycles. The van der Waals surface area contributed by atoms with Gasteiger partial charge in [-0.05, 0) is 31.5 Å². The molecule has 2 aromatic rings. The van der Waals surface area contributed by atoms with Gasteiger partial charge < -0.3 is 15.4 Å². The second-order valence-corrected chi connectivity index (χ2v) is 5.55. The number of aryl methyl sites for hydroxylation is 1. The summed E-state index contributed by atoms with van der Waals surface area (Å²) in [5.41, 5.74) is 3.58. The van der Waals surface area contributed by atoms with Gasteiger partial charge in [0.25, 0.3) is 0 Å². The first kappa shape index (κ1) is 13.6. The van der Waals surface area contributed by atoms with Gasteiger partial charge in [-0.2, -0.15) is 0 Å². The van der Waals surface area contributed by atoms with Gasteiger partial charge in [0.1, 0.15) is 0 Å². The molecule has 108 valence electrons. The highest BCUT2D eigenvalue weighted by Crippen LogP contribution is 2.31. The van der Waals surface area contributed by atoms with Crippen LogP contribution in [0.25, 0.3) is 10.9 Å². The molecule has 1 fully saturated rings. The number of benzene rings is 1. The maximum atomic E-state index is 9.95. The highest BCUT2D eigenvalue weighted by atomic mass is 16.3. The molecule has 1 aliphatic heterocycles. The minimum atomic E-state index is 0.0889. The summed E-state index contributed by atoms with van der Waals surface area (Å²) < 4.78 is 0. The molecule has 0 bridgehead atoms. The molecule has 1 atom stereocenters. The zero-order valence-corrected chi connectivity index (χ0v) is 12.0. The zero-order valence-electron chi connectivity index (χ0n) is 12.0. The first-order chi connectivity index (χ1) is 9.81. The van der Waals surface area contributed by atoms with Crippen molar-refractivity contribution < 1.29 is 5.11 Å². The molecule has 4 heteroatoms. The Labute approximate surface area is 119 Å². The van der Waals surface area contributed by atoms with Gasteiger partial charge in [-0.25, -0.2) is 0 Å². The summed E-state index contributed by atoms with van der Waals surface area (Å²) in [4.78, 5) is 5.85. The van der Waals surface area contributed by atoms with E-state index in [4.69, 9.17) is 0 Å². The van der Waals surface area contributed by atoms with Gasteiger partial charge in [0.15, 0.2) is 0 Å². The standard InChI is InChI=1S/C16H23N3O/c1-12-16(13-5-2-3-6-14(13)18-12)15(11-20)19-9-4-7-17-8-10-19/h2-3,5-6,15,17-18,20H,4,7-11H2,1H3. The van der Waals surface area contributed by atoms with Crippen LogP contribution in [-0.2, 0) is 0 Å². The Hall–Kier alpha value is -1.36. The van der Waals surface area contributed by atoms with Gasteiger partial charge in [0.05, 0.1) is 12.6 Å². The fourth-order valence-corrected chi connectivity index (χ4v) is 3.30. The summed E-state index contributed by atoms with van der Waals surface area (Å²) in [6, 6.07) is 8.45. The first-order valence-electron chi connectivity index (χ1n) is 7.44. The van der Waals surface area contributed by atoms with Crippen LogP contribution in [0, 0.1) is 6.92 Å². The van der Waals surface area contributed by atoms with E-state index in [1.165, 1.54) is 16.6 Å². The van der Waals surface area contributed by atoms with Crippen molar-refractivity contribution in [2.75, 3.05) is 32.8 Å². The van der Waals surface area contributed by atoms with E-state index in [1.54, 1.807) is 0 Å². The normalized spacial score (nSPS) is 19.1. The van der Waals surface area contributed by atoms with E-state index in [2.05, 4.69) is 40.3 Å². The number of hydrogen-bond donors (Lipinski definition) is 3. The molecular formula is C16H23N3O. The van der Waals surface area contributed by atoms with E-state index in [9.17, 15) is 5.11 Å². The smallest absolute Gasteiger partial charge is 0.0629 e. The van der Waals surface area contributed by atoms with Crippen LogP contribution < -0.4 is 5.32 Å². The minimum absolute atomic E-state index is 0.0889. The fraction of sp³-hybridized carbons (Fsp3) is 0.500. The predicted molar refractivity (Wildman–Crippen MR) is 81.9 cm³/mol. The molecule has 20 heavy (non-hydrogen) atoms. The Morgan fingerprint density at radius 1 is 1.25 bits per heavy atom. The molecule has 4 nitrogen and oxygen atoms in total. The third-order valence-corrected chi connectivity index (χ3v) is 4.27. The molecular weight excluding hydrogens is 250 g/mol. The number of nitrogens with zero attached hydrogens (tertiary/aromatic N) is 1. The second kappa shape index (κ2) is 5.95. The van der Waals surface area contributed by atoms with E-state index in [0.717, 1.165) is 38.1 Å². The number of nitrogens with one attached hydrogen (secondary N) is 2. The number of aliphatic hydroxyl groups excluding tert-OH is 1. The van der Waals surface area contributed by atoms with E-state index < -0.39 is 0 Å². The van der Waals surface area contributed by atoms with Crippen LogP contribution >= 0.6 is 0 Å². The van der Waals surface area contributed by atoms with Crippen molar-refractivity contribution in [2.45, 2.75) is 19.4 Å². The Kier molecular flexibility index (Phi) is 4.05. The number of hydrogen-bond acceptors (Lipinski definition) is 3. The molecule has 1 saturated heterocycles. The monoisotopic (exact) mass is 273 g/mol. The first-order valence-corrected chi connectivity index (χ1v) is 7.44. The molecule has 1 unspecified atom stereocenters. The van der Waals surface area contributed by atoms with Crippen LogP contribution in [0.3, 0.4) is 0 Å². The summed E-state index contributed by atoms with van der Waals surface area (Å²) in [7, 11) is 0. The molecule has 0 radical (unpaired) electrons. The fourth-order valence-electron chi connectivity index (χ4n) is 3.30. The lowest BCUT2D eigenvalue weighted by atomic mass is 10.0. The van der Waals surface area contributed by atoms with Crippen molar-refractivity contribution >= 4 is 10.9 Å². The molecule has 0 saturated carbocycles. The predicted octanol–water partition coefficient (Wildman–Crippen LogP) is 1.81. The number of aromatic amines is 1. The van der Waals surface area contributed by atoms with Crippen LogP contribution in [0.4, 0.5) is 0 Å². The SMILES string of the molecule is Cc1[nH]c2ccccc2c1C(CO)N1CCCNCC1. The van der Waals surface area contributed by atoms with Crippen LogP contribution in [0.2, 0.25) is 0 Å². The maximum Gasteiger partial charge on any atom is 0.0629 e. The Balaban J connectivity index is 1.99. The summed E-state index contributed by atoms with van der Waals surface area (Å²) in [6.45, 7) is 6.37. The van der Waals surface area contributed by atoms with E-state index in [0.29, 0.717) is 0 Å². The van der Waals surface area contributed by atoms with Crippen molar-refractivity contribution in [2.24, 2.45) is 0 Å². The molecule has 3 rings (SSSR count). The largest absolute Gasteiger partial charge is 0.394 e. The average Bonchev–Trinajstić information content (AvgIpc) is 2.66. The summed E-state index contributed by atoms with van der Waals surface area (Å²) in [6.07, 6.45) is 1.14. The van der Waals surface area contributed by atoms with E-state index in [-0.39, 0.29) is 12.6 Å². The van der Waals surface area contributed by atoms with Crippen molar-refractivity contribution in [3.8, 4) is 0 Å². The van der Waals surface area contributed by atoms with Gasteiger partial charge in [-0.3, -0.25) is 4.90 Å². The van der Waals surface area contributed by atoms with E-state index in [1.807, 2.05) is 6.07 Å². The molecule has 0 aliphatic carbocycles. The molecule has 1 aromatic carbocycles. The summed E-state index contributed by atoms with van der Waals surface area (Å²) in [5.74, 6) is 0. The Morgan fingerprint density at radius 3 is 2.95 bits per heavy atom. The number of H-pyrrole nitrogens is 1. The van der Waals surface area contributed by atoms with Crippen molar-refractivity contribution in [3.05, 3.63) is 35.5 Å². The van der Waals surface area contributed by atoms with Crippen molar-refractivity contribution in [3.63, 3.8) is 0 Å². The lowest BCUT2D eigenvalue weighted by molar-refractivity contribution is 0.130. The molecule has 0 amide bonds. The highest BCUT2D eigenvalue weighted by Gasteiger charge is 2.24. The van der Waals surface area contributed by atoms with Gasteiger partial charge in [-0.1, -0.05) is 18.2 Å². The topological polar surface area (TPSA) is 51.3 Å². The van der Waals surface area contributed by atoms with Gasteiger partial charge in [0, 0.05) is 36.2 Å². The molecule has 3 N–H and O–H groups in total. The lowest BCUT2D eigenvalue weighted by Gasteiger charge is -2.29. The Bertz CT molecular complexity index is 570. The van der Waals surface area contributed by atoms with E-state index >= 15 is 0 Å². The van der Waals surface area contributed by atoms with Crippen molar-refractivity contribution in [1.82, 2.24) is 15.2 Å². The molecule has 0 spiro atoms. The van der Waals surface area contributed by atoms with Gasteiger partial charge in [-0.15, -0.1) is 0 Å². The number of fused-ring (bicyclic) bond motifs is 1. The quantitative estimate of drug-likeness (QED) is 0.799. The maximum absolute atomic E-state index is 9.95. The van der Waals surface area contributed by atoms with Crippen LogP contribution in [-0.4, -0.2) is 47.8 Å². The third-order valence-electron chi connectivity index (χ3n) is 4.27. The molecule has 1 aliphatic rings. The lowest BCUT2D eigenvalue weighted by Crippen LogP contribution is -2.34. The van der Waals surface area contributed by atoms with Gasteiger partial charge in [0.2, 0.25) is 0 Å². The summed E-state index contributed by atoms with van der Waals surface area (Å²) in [5, 5.41) is 14.6. The zero-order chi connectivity index (χ0) is 13.9. The highest BCUT2D eigenvalue weighted by molar-refractivity contribution is 5.85. The number of aliphatic hydroxyl groups is 1. The van der Waals surface area contributed by atoms with Crippen LogP contribution in [0.15, 0.2) is 24.3 Å². The van der Waals surface area contributed by atoms with Crippen LogP contribution in [0.1, 0.15) is 23.7 Å². The van der Waals surface area contributed by atoms with Crippen molar-refractivity contribution in [1.29, 1.82) is 0 Å². The molecule has 1 aromatic heterocycles. The average molecular weight is 273 g/mol. The number of rotatable bonds is 3. The number of aromatic nitrogens is 1. The second-order valence-electron chi connectivity index (χ2n) is 5.55. The Morgan fingerprint density at radius 2 is 2.10 bits per heavy atom. The van der Waals surface area contributed by atoms with Crippen LogP contribution in [0.5, 0.6) is 0 Å².